The topological polar surface area (TPSA) is 119 Å². The van der Waals surface area contributed by atoms with Crippen molar-refractivity contribution in [2.45, 2.75) is 222 Å². The summed E-state index contributed by atoms with van der Waals surface area (Å²) in [5.74, 6) is -0.954. The summed E-state index contributed by atoms with van der Waals surface area (Å²) < 4.78 is 0. The Kier molecular flexibility index (Phi) is 15.8. The van der Waals surface area contributed by atoms with Gasteiger partial charge >= 0.3 is 5.97 Å². The van der Waals surface area contributed by atoms with Gasteiger partial charge in [-0.15, -0.1) is 0 Å². The van der Waals surface area contributed by atoms with Gasteiger partial charge in [0.05, 0.1) is 51.8 Å². The number of carbonyl (C=O) groups is 1. The highest BCUT2D eigenvalue weighted by atomic mass is 16.4. The van der Waals surface area contributed by atoms with Crippen molar-refractivity contribution in [3.8, 4) is 44.5 Å². The molecule has 0 fully saturated rings. The molecular weight excluding hydrogens is 1160 g/mol. The van der Waals surface area contributed by atoms with Crippen molar-refractivity contribution >= 4 is 57.7 Å². The highest BCUT2D eigenvalue weighted by Crippen LogP contribution is 2.49. The highest BCUT2D eigenvalue weighted by molar-refractivity contribution is 6.06. The number of benzene rings is 5. The van der Waals surface area contributed by atoms with Crippen molar-refractivity contribution in [3.05, 3.63) is 205 Å². The van der Waals surface area contributed by atoms with Crippen LogP contribution in [0.15, 0.2) is 121 Å². The Morgan fingerprint density at radius 2 is 0.663 bits per heavy atom. The van der Waals surface area contributed by atoms with Gasteiger partial charge in [0.1, 0.15) is 0 Å². The molecule has 95 heavy (non-hydrogen) atoms. The van der Waals surface area contributed by atoms with E-state index < -0.39 is 5.97 Å². The van der Waals surface area contributed by atoms with E-state index in [0.29, 0.717) is 0 Å². The molecule has 12 rings (SSSR count). The zero-order valence-electron chi connectivity index (χ0n) is 61.2. The number of H-pyrrole nitrogens is 2. The molecule has 4 aliphatic rings. The maximum atomic E-state index is 12.6. The Hall–Kier alpha value is -8.49. The summed E-state index contributed by atoms with van der Waals surface area (Å²) in [6, 6.07) is 42.9. The molecule has 2 unspecified atom stereocenters. The second-order valence-electron chi connectivity index (χ2n) is 35.8. The first-order chi connectivity index (χ1) is 43.9. The summed E-state index contributed by atoms with van der Waals surface area (Å²) in [6.07, 6.45) is 8.75. The van der Waals surface area contributed by atoms with Crippen molar-refractivity contribution in [2.75, 3.05) is 0 Å². The molecule has 5 aromatic carbocycles. The zero-order valence-corrected chi connectivity index (χ0v) is 61.2. The maximum Gasteiger partial charge on any atom is 0.335 e. The normalized spacial score (nSPS) is 16.1. The number of aromatic amines is 2. The number of aromatic carboxylic acids is 1. The van der Waals surface area contributed by atoms with E-state index in [2.05, 4.69) is 308 Å². The number of aromatic nitrogens is 4. The highest BCUT2D eigenvalue weighted by Gasteiger charge is 2.40. The van der Waals surface area contributed by atoms with Gasteiger partial charge in [0.15, 0.2) is 0 Å². The quantitative estimate of drug-likeness (QED) is 0.117. The van der Waals surface area contributed by atoms with Crippen LogP contribution in [0.5, 0.6) is 0 Å². The van der Waals surface area contributed by atoms with Gasteiger partial charge in [-0.05, 0) is 170 Å². The number of nitrogens with one attached hydrogen (secondary N) is 4. The van der Waals surface area contributed by atoms with Crippen molar-refractivity contribution < 1.29 is 9.90 Å². The van der Waals surface area contributed by atoms with E-state index in [0.717, 1.165) is 112 Å². The molecule has 8 bridgehead atoms. The number of carboxylic acids is 1. The van der Waals surface area contributed by atoms with Crippen LogP contribution in [0.3, 0.4) is 0 Å². The van der Waals surface area contributed by atoms with Crippen LogP contribution in [0.4, 0.5) is 0 Å². The average Bonchev–Trinajstić information content (AvgIpc) is 1.60. The summed E-state index contributed by atoms with van der Waals surface area (Å²) in [4.78, 5) is 33.2. The number of nitrogens with zero attached hydrogens (tertiary/aromatic N) is 2. The van der Waals surface area contributed by atoms with E-state index >= 15 is 0 Å². The lowest BCUT2D eigenvalue weighted by atomic mass is 9.78. The van der Waals surface area contributed by atoms with Gasteiger partial charge in [0, 0.05) is 44.3 Å². The van der Waals surface area contributed by atoms with Crippen LogP contribution in [0.1, 0.15) is 261 Å². The summed E-state index contributed by atoms with van der Waals surface area (Å²) in [5.41, 5.74) is 27.6. The minimum Gasteiger partial charge on any atom is -0.478 e. The smallest absolute Gasteiger partial charge is 0.335 e. The minimum absolute atomic E-state index is 0.158. The SMILES string of the molecule is CC(C)(C)c1cc(-c2c3nc(c(-c4cc(C(C)(C)C)cc(C(C)(C)C)c4)c4ccc([nH]4)c(-c4cc(C(C)(C)C)cc(C(C)(C)C)c4)c4nc(c(-c5cc(C(C)(C)C)cc(C(C)(C)C)c5)c5ccc2[nH]5)C2=C4NC4c5ccc(C(=O)O)cc5C=CC4N2)C=C3)cc(C(C)(C)C)c1. The Morgan fingerprint density at radius 3 is 0.979 bits per heavy atom. The lowest BCUT2D eigenvalue weighted by molar-refractivity contribution is 0.0696. The molecule has 3 aliphatic heterocycles. The number of carboxylic acid groups (broad SMARTS) is 1. The second kappa shape index (κ2) is 22.6. The van der Waals surface area contributed by atoms with E-state index in [1.807, 2.05) is 6.07 Å². The third-order valence-electron chi connectivity index (χ3n) is 20.0. The summed E-state index contributed by atoms with van der Waals surface area (Å²) in [7, 11) is 0. The summed E-state index contributed by atoms with van der Waals surface area (Å²) in [5, 5.41) is 18.7. The lowest BCUT2D eigenvalue weighted by Crippen LogP contribution is -2.45. The fraction of sp³-hybridized carbons (Fsp3) is 0.391. The molecule has 2 atom stereocenters. The first kappa shape index (κ1) is 66.5. The van der Waals surface area contributed by atoms with E-state index in [9.17, 15) is 9.90 Å². The Bertz CT molecular complexity index is 4630. The summed E-state index contributed by atoms with van der Waals surface area (Å²) >= 11 is 0. The predicted octanol–water partition coefficient (Wildman–Crippen LogP) is 22.4. The number of fused-ring (bicyclic) bond motifs is 13. The zero-order chi connectivity index (χ0) is 69.0. The molecule has 1 aliphatic carbocycles. The largest absolute Gasteiger partial charge is 0.478 e. The van der Waals surface area contributed by atoms with Crippen LogP contribution < -0.4 is 10.6 Å². The van der Waals surface area contributed by atoms with Gasteiger partial charge < -0.3 is 25.7 Å². The first-order valence-corrected chi connectivity index (χ1v) is 34.4. The Balaban J connectivity index is 1.35. The molecule has 0 saturated carbocycles. The van der Waals surface area contributed by atoms with E-state index in [-0.39, 0.29) is 61.0 Å². The lowest BCUT2D eigenvalue weighted by Gasteiger charge is -2.38. The van der Waals surface area contributed by atoms with Crippen LogP contribution in [0.25, 0.3) is 96.2 Å². The van der Waals surface area contributed by atoms with Crippen molar-refractivity contribution in [3.63, 3.8) is 0 Å². The standard InChI is InChI=1S/C87H102N6O2/c1-80(2,3)54-36-50(37-55(44-54)81(4,5)6)70-63-29-30-64(88-63)71(51-38-56(82(7,8)9)45-57(39-51)83(10,11)12)66-32-34-68(90-66)73(53-42-60(86(19,20)21)47-61(43-53)87(22,23)24)76-78-77(91-69-28-26-48-35-49(79(94)95)25-27-62(48)74(69)92-78)75(93-76)72(67-33-31-65(70)89-67)52-40-58(84(13,14)15)46-59(41-52)85(16,17)18/h25-47,69,74,89-92H,1-24H3,(H,94,95). The number of rotatable bonds is 5. The molecule has 0 radical (unpaired) electrons. The molecule has 3 aromatic heterocycles. The molecule has 0 amide bonds. The van der Waals surface area contributed by atoms with E-state index in [1.165, 1.54) is 44.5 Å². The van der Waals surface area contributed by atoms with Crippen LogP contribution in [0, 0.1) is 0 Å². The monoisotopic (exact) mass is 1260 g/mol. The number of hydrogen-bond acceptors (Lipinski definition) is 5. The molecule has 0 saturated heterocycles. The van der Waals surface area contributed by atoms with Gasteiger partial charge in [0.25, 0.3) is 0 Å². The van der Waals surface area contributed by atoms with E-state index in [1.54, 1.807) is 12.1 Å². The minimum atomic E-state index is -0.954. The molecule has 0 spiro atoms. The third-order valence-corrected chi connectivity index (χ3v) is 20.0. The molecule has 8 heteroatoms. The predicted molar refractivity (Wildman–Crippen MR) is 403 cm³/mol. The van der Waals surface area contributed by atoms with Crippen LogP contribution in [-0.2, 0) is 43.3 Å². The molecule has 8 nitrogen and oxygen atoms in total. The van der Waals surface area contributed by atoms with Crippen LogP contribution in [-0.4, -0.2) is 37.1 Å². The van der Waals surface area contributed by atoms with E-state index in [4.69, 9.17) is 9.97 Å². The van der Waals surface area contributed by atoms with Gasteiger partial charge in [-0.2, -0.15) is 0 Å². The molecule has 5 N–H and O–H groups in total. The van der Waals surface area contributed by atoms with Gasteiger partial charge in [0.2, 0.25) is 0 Å². The van der Waals surface area contributed by atoms with Crippen molar-refractivity contribution in [1.29, 1.82) is 0 Å². The van der Waals surface area contributed by atoms with Crippen molar-refractivity contribution in [1.82, 2.24) is 30.6 Å². The number of hydrogen-bond donors (Lipinski definition) is 5. The van der Waals surface area contributed by atoms with Gasteiger partial charge in [-0.3, -0.25) is 0 Å². The molecule has 6 heterocycles. The molecule has 8 aromatic rings. The average molecular weight is 1260 g/mol. The molecule has 492 valence electrons. The van der Waals surface area contributed by atoms with Crippen LogP contribution in [0.2, 0.25) is 0 Å². The first-order valence-electron chi connectivity index (χ1n) is 34.4. The second-order valence-corrected chi connectivity index (χ2v) is 35.8. The van der Waals surface area contributed by atoms with Gasteiger partial charge in [-0.25, -0.2) is 14.8 Å². The summed E-state index contributed by atoms with van der Waals surface area (Å²) in [6.45, 7) is 55.5. The fourth-order valence-corrected chi connectivity index (χ4v) is 13.7. The molecular formula is C87H102N6O2. The van der Waals surface area contributed by atoms with Gasteiger partial charge in [-0.1, -0.05) is 257 Å². The van der Waals surface area contributed by atoms with Crippen LogP contribution >= 0.6 is 0 Å². The Labute approximate surface area is 566 Å². The fourth-order valence-electron chi connectivity index (χ4n) is 13.7. The Morgan fingerprint density at radius 1 is 0.358 bits per heavy atom. The van der Waals surface area contributed by atoms with Crippen molar-refractivity contribution in [2.24, 2.45) is 0 Å². The maximum absolute atomic E-state index is 12.6. The third kappa shape index (κ3) is 12.7.